The van der Waals surface area contributed by atoms with E-state index in [1.165, 1.54) is 12.7 Å². The third-order valence-corrected chi connectivity index (χ3v) is 6.35. The topological polar surface area (TPSA) is 26.3 Å². The van der Waals surface area contributed by atoms with Crippen LogP contribution in [-0.4, -0.2) is 20.1 Å². The van der Waals surface area contributed by atoms with Gasteiger partial charge in [-0.05, 0) is 24.3 Å². The number of methoxy groups -OCH3 is 1. The minimum atomic E-state index is -0.964. The number of carbonyl (C=O) groups is 1. The number of likely N-dealkylation sites (N-methyl/N-ethyl adjacent to an activating group) is 1. The molecule has 0 aliphatic carbocycles. The Morgan fingerprint density at radius 1 is 0.897 bits per heavy atom. The molecule has 0 radical (unpaired) electrons. The van der Waals surface area contributed by atoms with Gasteiger partial charge in [0.05, 0.1) is 14.2 Å². The quantitative estimate of drug-likeness (QED) is 0.450. The van der Waals surface area contributed by atoms with E-state index < -0.39 is 5.54 Å². The van der Waals surface area contributed by atoms with Crippen molar-refractivity contribution in [1.82, 2.24) is 4.48 Å². The number of rotatable bonds is 4. The Labute approximate surface area is 172 Å². The lowest BCUT2D eigenvalue weighted by Crippen LogP contribution is -2.63. The number of fused-ring (bicyclic) bond motifs is 1. The summed E-state index contributed by atoms with van der Waals surface area (Å²) in [7, 11) is 3.60. The Balaban J connectivity index is 2.07. The van der Waals surface area contributed by atoms with Crippen LogP contribution in [0.5, 0.6) is 0 Å². The van der Waals surface area contributed by atoms with Crippen LogP contribution in [0.2, 0.25) is 0 Å². The highest BCUT2D eigenvalue weighted by atomic mass is 16.5. The molecule has 3 heteroatoms. The lowest BCUT2D eigenvalue weighted by molar-refractivity contribution is -0.151. The Hall–Kier alpha value is -3.17. The Bertz CT molecular complexity index is 1060. The number of hydrogen-bond donors (Lipinski definition) is 0. The average molecular weight is 384 g/mol. The maximum Gasteiger partial charge on any atom is 0.373 e. The summed E-state index contributed by atoms with van der Waals surface area (Å²) >= 11 is 0. The number of hydrogen-bond acceptors (Lipinski definition) is 2. The summed E-state index contributed by atoms with van der Waals surface area (Å²) in [5.41, 5.74) is 4.50. The third-order valence-electron chi connectivity index (χ3n) is 6.35. The Morgan fingerprint density at radius 2 is 1.48 bits per heavy atom. The van der Waals surface area contributed by atoms with E-state index in [1.807, 2.05) is 61.5 Å². The highest BCUT2D eigenvalue weighted by Gasteiger charge is 2.58. The summed E-state index contributed by atoms with van der Waals surface area (Å²) in [5, 5.41) is 0. The summed E-state index contributed by atoms with van der Waals surface area (Å²) in [6, 6.07) is 28.7. The molecule has 146 valence electrons. The summed E-state index contributed by atoms with van der Waals surface area (Å²) in [5.74, 6) is -0.260. The van der Waals surface area contributed by atoms with Gasteiger partial charge in [0.25, 0.3) is 0 Å². The van der Waals surface area contributed by atoms with E-state index in [4.69, 9.17) is 4.74 Å². The van der Waals surface area contributed by atoms with Gasteiger partial charge in [0.2, 0.25) is 5.54 Å². The molecule has 0 N–H and O–H groups in total. The number of para-hydroxylation sites is 1. The molecule has 0 spiro atoms. The molecule has 29 heavy (non-hydrogen) atoms. The zero-order chi connectivity index (χ0) is 20.5. The molecule has 0 bridgehead atoms. The van der Waals surface area contributed by atoms with E-state index in [0.29, 0.717) is 4.48 Å². The van der Waals surface area contributed by atoms with E-state index in [1.54, 1.807) is 0 Å². The highest BCUT2D eigenvalue weighted by molar-refractivity contribution is 5.92. The van der Waals surface area contributed by atoms with Crippen molar-refractivity contribution in [3.8, 4) is 0 Å². The zero-order valence-corrected chi connectivity index (χ0v) is 17.1. The van der Waals surface area contributed by atoms with Gasteiger partial charge < -0.3 is 4.74 Å². The molecule has 0 fully saturated rings. The van der Waals surface area contributed by atoms with Gasteiger partial charge in [-0.2, -0.15) is 0 Å². The van der Waals surface area contributed by atoms with Gasteiger partial charge in [-0.15, -0.1) is 0 Å². The number of nitrogens with zero attached hydrogens (tertiary/aromatic N) is 1. The minimum absolute atomic E-state index is 0.260. The molecule has 0 saturated heterocycles. The van der Waals surface area contributed by atoms with Crippen molar-refractivity contribution in [3.63, 3.8) is 0 Å². The lowest BCUT2D eigenvalue weighted by atomic mass is 9.82. The highest BCUT2D eigenvalue weighted by Crippen LogP contribution is 2.50. The first-order valence-corrected chi connectivity index (χ1v) is 9.88. The van der Waals surface area contributed by atoms with Crippen molar-refractivity contribution in [2.24, 2.45) is 0 Å². The Morgan fingerprint density at radius 3 is 2.14 bits per heavy atom. The van der Waals surface area contributed by atoms with Crippen LogP contribution in [0.15, 0.2) is 91.0 Å². The maximum atomic E-state index is 13.5. The first kappa shape index (κ1) is 19.2. The molecule has 0 amide bonds. The van der Waals surface area contributed by atoms with E-state index >= 15 is 0 Å². The predicted molar refractivity (Wildman–Crippen MR) is 118 cm³/mol. The first-order chi connectivity index (χ1) is 14.0. The predicted octanol–water partition coefficient (Wildman–Crippen LogP) is 5.31. The fraction of sp³-hybridized carbons (Fsp3) is 0.192. The van der Waals surface area contributed by atoms with Crippen LogP contribution in [0.4, 0.5) is 5.69 Å². The number of esters is 1. The van der Waals surface area contributed by atoms with E-state index in [9.17, 15) is 4.79 Å². The van der Waals surface area contributed by atoms with Crippen LogP contribution in [-0.2, 0) is 21.5 Å². The number of benzene rings is 3. The molecular weight excluding hydrogens is 358 g/mol. The van der Waals surface area contributed by atoms with Crippen molar-refractivity contribution >= 4 is 17.4 Å². The average Bonchev–Trinajstić information content (AvgIpc) is 2.79. The standard InChI is InChI=1S/C26H26NO2/c1-26(25(28)29-3,22-15-8-5-9-16-22)27(2)23-17-11-10-14-21(23)18-19-24(27)20-12-6-4-7-13-20/h4-17,19H,18H2,1-3H3/q+1/t26-,27-/m0/s1. The minimum Gasteiger partial charge on any atom is -0.464 e. The van der Waals surface area contributed by atoms with Crippen LogP contribution >= 0.6 is 0 Å². The maximum absolute atomic E-state index is 13.5. The molecule has 3 aromatic rings. The summed E-state index contributed by atoms with van der Waals surface area (Å²) in [4.78, 5) is 13.5. The SMILES string of the molecule is COC(=O)[C@](C)(c1ccccc1)[N@+]1(C)C(c2ccccc2)=CCc2ccccc21. The molecule has 3 nitrogen and oxygen atoms in total. The summed E-state index contributed by atoms with van der Waals surface area (Å²) < 4.78 is 5.72. The smallest absolute Gasteiger partial charge is 0.373 e. The summed E-state index contributed by atoms with van der Waals surface area (Å²) in [6.45, 7) is 1.99. The van der Waals surface area contributed by atoms with Crippen LogP contribution in [0, 0.1) is 0 Å². The molecular formula is C26H26NO2+. The number of ether oxygens (including phenoxy) is 1. The van der Waals surface area contributed by atoms with Crippen LogP contribution in [0.25, 0.3) is 5.70 Å². The lowest BCUT2D eigenvalue weighted by Gasteiger charge is -2.49. The number of quaternary nitrogens is 1. The van der Waals surface area contributed by atoms with Crippen LogP contribution in [0.1, 0.15) is 23.6 Å². The normalized spacial score (nSPS) is 20.2. The largest absolute Gasteiger partial charge is 0.464 e. The second kappa shape index (κ2) is 7.34. The molecule has 4 rings (SSSR count). The number of allylic oxidation sites excluding steroid dienone is 1. The Kier molecular flexibility index (Phi) is 4.85. The van der Waals surface area contributed by atoms with Crippen molar-refractivity contribution in [2.45, 2.75) is 18.9 Å². The van der Waals surface area contributed by atoms with Gasteiger partial charge in [0.15, 0.2) is 0 Å². The molecule has 0 unspecified atom stereocenters. The molecule has 0 aromatic heterocycles. The van der Waals surface area contributed by atoms with Crippen LogP contribution < -0.4 is 4.48 Å². The van der Waals surface area contributed by atoms with Gasteiger partial charge in [0, 0.05) is 30.0 Å². The number of carbonyl (C=O) groups excluding carboxylic acids is 1. The van der Waals surface area contributed by atoms with Gasteiger partial charge in [-0.25, -0.2) is 9.28 Å². The molecule has 2 atom stereocenters. The monoisotopic (exact) mass is 384 g/mol. The van der Waals surface area contributed by atoms with Crippen molar-refractivity contribution < 1.29 is 9.53 Å². The van der Waals surface area contributed by atoms with Crippen molar-refractivity contribution in [3.05, 3.63) is 108 Å². The molecule has 0 saturated carbocycles. The van der Waals surface area contributed by atoms with Gasteiger partial charge in [-0.1, -0.05) is 66.7 Å². The second-order valence-corrected chi connectivity index (χ2v) is 7.72. The first-order valence-electron chi connectivity index (χ1n) is 9.88. The fourth-order valence-electron chi connectivity index (χ4n) is 4.63. The van der Waals surface area contributed by atoms with Crippen LogP contribution in [0.3, 0.4) is 0 Å². The molecule has 3 aromatic carbocycles. The molecule has 1 heterocycles. The fourth-order valence-corrected chi connectivity index (χ4v) is 4.63. The summed E-state index contributed by atoms with van der Waals surface area (Å²) in [6.07, 6.45) is 3.09. The van der Waals surface area contributed by atoms with E-state index in [0.717, 1.165) is 28.9 Å². The second-order valence-electron chi connectivity index (χ2n) is 7.72. The third kappa shape index (κ3) is 2.81. The molecule has 1 aliphatic rings. The van der Waals surface area contributed by atoms with Gasteiger partial charge >= 0.3 is 5.97 Å². The van der Waals surface area contributed by atoms with Gasteiger partial charge in [0.1, 0.15) is 11.4 Å². The van der Waals surface area contributed by atoms with Gasteiger partial charge in [-0.3, -0.25) is 0 Å². The van der Waals surface area contributed by atoms with E-state index in [-0.39, 0.29) is 5.97 Å². The van der Waals surface area contributed by atoms with Crippen molar-refractivity contribution in [2.75, 3.05) is 14.2 Å². The molecule has 1 aliphatic heterocycles. The van der Waals surface area contributed by atoms with E-state index in [2.05, 4.69) is 43.5 Å². The van der Waals surface area contributed by atoms with Crippen molar-refractivity contribution in [1.29, 1.82) is 0 Å². The zero-order valence-electron chi connectivity index (χ0n) is 17.1.